The molecule has 0 fully saturated rings. The summed E-state index contributed by atoms with van der Waals surface area (Å²) in [7, 11) is -0.625. The third kappa shape index (κ3) is 6.53. The van der Waals surface area contributed by atoms with Gasteiger partial charge in [-0.25, -0.2) is 12.8 Å². The van der Waals surface area contributed by atoms with Gasteiger partial charge in [0, 0.05) is 39.2 Å². The molecule has 0 aliphatic heterocycles. The zero-order valence-corrected chi connectivity index (χ0v) is 19.5. The van der Waals surface area contributed by atoms with Gasteiger partial charge in [0.2, 0.25) is 15.9 Å². The van der Waals surface area contributed by atoms with Crippen LogP contribution in [0.5, 0.6) is 0 Å². The van der Waals surface area contributed by atoms with Crippen LogP contribution in [0.3, 0.4) is 0 Å². The number of carbonyl (C=O) groups is 1. The molecule has 0 saturated carbocycles. The van der Waals surface area contributed by atoms with Gasteiger partial charge in [0.05, 0.1) is 30.8 Å². The molecule has 10 heteroatoms. The topological polar surface area (TPSA) is 85.0 Å². The number of amides is 1. The van der Waals surface area contributed by atoms with Gasteiger partial charge < -0.3 is 18.6 Å². The molecule has 2 aromatic heterocycles. The quantitative estimate of drug-likeness (QED) is 0.375. The van der Waals surface area contributed by atoms with E-state index in [1.807, 2.05) is 29.9 Å². The maximum absolute atomic E-state index is 13.4. The Morgan fingerprint density at radius 1 is 1.12 bits per heavy atom. The Balaban J connectivity index is 1.85. The van der Waals surface area contributed by atoms with Crippen molar-refractivity contribution in [1.29, 1.82) is 0 Å². The van der Waals surface area contributed by atoms with Gasteiger partial charge in [0.15, 0.2) is 0 Å². The van der Waals surface area contributed by atoms with Gasteiger partial charge in [-0.15, -0.1) is 0 Å². The van der Waals surface area contributed by atoms with Crippen molar-refractivity contribution in [2.75, 3.05) is 26.8 Å². The van der Waals surface area contributed by atoms with Crippen LogP contribution in [0.4, 0.5) is 4.39 Å². The number of sulfonamides is 1. The molecular formula is C23H28FN3O5S. The summed E-state index contributed by atoms with van der Waals surface area (Å²) in [6, 6.07) is 11.8. The molecule has 33 heavy (non-hydrogen) atoms. The van der Waals surface area contributed by atoms with E-state index in [0.29, 0.717) is 18.8 Å². The van der Waals surface area contributed by atoms with Crippen LogP contribution >= 0.6 is 0 Å². The lowest BCUT2D eigenvalue weighted by molar-refractivity contribution is -0.133. The molecule has 0 saturated heterocycles. The molecule has 0 atom stereocenters. The summed E-state index contributed by atoms with van der Waals surface area (Å²) < 4.78 is 53.3. The number of carbonyl (C=O) groups excluding carboxylic acids is 1. The minimum absolute atomic E-state index is 0.0749. The van der Waals surface area contributed by atoms with Crippen molar-refractivity contribution >= 4 is 15.9 Å². The minimum atomic E-state index is -4.02. The van der Waals surface area contributed by atoms with Gasteiger partial charge in [0.1, 0.15) is 11.6 Å². The van der Waals surface area contributed by atoms with Crippen molar-refractivity contribution in [3.63, 3.8) is 0 Å². The fourth-order valence-electron chi connectivity index (χ4n) is 3.36. The molecule has 3 aromatic rings. The molecule has 178 valence electrons. The number of hydrogen-bond donors (Lipinski definition) is 0. The number of benzene rings is 1. The highest BCUT2D eigenvalue weighted by molar-refractivity contribution is 7.89. The number of aromatic nitrogens is 1. The van der Waals surface area contributed by atoms with Crippen molar-refractivity contribution in [2.45, 2.75) is 24.4 Å². The fraction of sp³-hybridized carbons (Fsp3) is 0.348. The van der Waals surface area contributed by atoms with E-state index in [1.165, 1.54) is 25.5 Å². The Kier molecular flexibility index (Phi) is 8.43. The number of nitrogens with zero attached hydrogens (tertiary/aromatic N) is 3. The average molecular weight is 478 g/mol. The van der Waals surface area contributed by atoms with Crippen molar-refractivity contribution in [3.05, 3.63) is 78.3 Å². The van der Waals surface area contributed by atoms with E-state index in [2.05, 4.69) is 0 Å². The lowest BCUT2D eigenvalue weighted by Gasteiger charge is -2.27. The molecule has 3 rings (SSSR count). The van der Waals surface area contributed by atoms with Crippen LogP contribution in [0.1, 0.15) is 17.9 Å². The number of halogens is 1. The van der Waals surface area contributed by atoms with E-state index < -0.39 is 15.8 Å². The van der Waals surface area contributed by atoms with Crippen molar-refractivity contribution in [1.82, 2.24) is 13.8 Å². The highest BCUT2D eigenvalue weighted by Gasteiger charge is 2.29. The Bertz CT molecular complexity index is 1130. The van der Waals surface area contributed by atoms with E-state index in [0.717, 1.165) is 22.1 Å². The Hall–Kier alpha value is -2.95. The second-order valence-corrected chi connectivity index (χ2v) is 9.52. The van der Waals surface area contributed by atoms with Crippen LogP contribution in [-0.4, -0.2) is 54.9 Å². The fourth-order valence-corrected chi connectivity index (χ4v) is 4.78. The highest BCUT2D eigenvalue weighted by Crippen LogP contribution is 2.18. The van der Waals surface area contributed by atoms with Gasteiger partial charge in [-0.3, -0.25) is 4.79 Å². The second kappa shape index (κ2) is 11.3. The normalized spacial score (nSPS) is 11.8. The van der Waals surface area contributed by atoms with E-state index in [9.17, 15) is 17.6 Å². The lowest BCUT2D eigenvalue weighted by Crippen LogP contribution is -2.43. The highest BCUT2D eigenvalue weighted by atomic mass is 32.2. The molecule has 0 N–H and O–H groups in total. The summed E-state index contributed by atoms with van der Waals surface area (Å²) in [6.45, 7) is 0.529. The van der Waals surface area contributed by atoms with Crippen LogP contribution < -0.4 is 0 Å². The monoisotopic (exact) mass is 477 g/mol. The third-order valence-electron chi connectivity index (χ3n) is 5.20. The zero-order chi connectivity index (χ0) is 23.8. The first-order valence-electron chi connectivity index (χ1n) is 10.5. The predicted octanol–water partition coefficient (Wildman–Crippen LogP) is 3.01. The molecule has 0 bridgehead atoms. The first-order chi connectivity index (χ1) is 15.8. The molecule has 2 heterocycles. The summed E-state index contributed by atoms with van der Waals surface area (Å²) >= 11 is 0. The van der Waals surface area contributed by atoms with Crippen molar-refractivity contribution in [3.8, 4) is 0 Å². The third-order valence-corrected chi connectivity index (χ3v) is 7.06. The molecule has 0 unspecified atom stereocenters. The van der Waals surface area contributed by atoms with Crippen LogP contribution in [-0.2, 0) is 39.7 Å². The smallest absolute Gasteiger partial charge is 0.243 e. The number of rotatable bonds is 12. The Morgan fingerprint density at radius 3 is 2.48 bits per heavy atom. The second-order valence-electron chi connectivity index (χ2n) is 7.58. The molecule has 0 aliphatic rings. The molecule has 0 radical (unpaired) electrons. The Morgan fingerprint density at radius 2 is 1.88 bits per heavy atom. The van der Waals surface area contributed by atoms with Crippen LogP contribution in [0.2, 0.25) is 0 Å². The number of hydrogen-bond acceptors (Lipinski definition) is 5. The summed E-state index contributed by atoms with van der Waals surface area (Å²) in [5, 5.41) is 0. The van der Waals surface area contributed by atoms with Gasteiger partial charge >= 0.3 is 0 Å². The number of aryl methyl sites for hydroxylation is 1. The number of ether oxygens (including phenoxy) is 1. The largest absolute Gasteiger partial charge is 0.467 e. The van der Waals surface area contributed by atoms with Gasteiger partial charge in [-0.05, 0) is 55.0 Å². The molecule has 1 aromatic carbocycles. The number of methoxy groups -OCH3 is 1. The maximum atomic E-state index is 13.4. The first-order valence-corrected chi connectivity index (χ1v) is 11.9. The maximum Gasteiger partial charge on any atom is 0.243 e. The van der Waals surface area contributed by atoms with E-state index in [4.69, 9.17) is 9.15 Å². The zero-order valence-electron chi connectivity index (χ0n) is 18.7. The summed E-state index contributed by atoms with van der Waals surface area (Å²) in [6.07, 6.45) is 3.80. The van der Waals surface area contributed by atoms with Gasteiger partial charge in [0.25, 0.3) is 0 Å². The first kappa shape index (κ1) is 24.7. The number of furan rings is 1. The van der Waals surface area contributed by atoms with Crippen molar-refractivity contribution in [2.24, 2.45) is 7.05 Å². The average Bonchev–Trinajstić information content (AvgIpc) is 3.44. The standard InChI is InChI=1S/C23H28FN3O5S/c1-25-12-3-6-20(25)16-26(17-21-7-4-15-32-21)23(28)18-27(13-5-14-31-2)33(29,30)22-10-8-19(24)9-11-22/h3-4,6-12,15H,5,13-14,16-18H2,1-2H3. The summed E-state index contributed by atoms with van der Waals surface area (Å²) in [5.74, 6) is -0.330. The molecule has 0 spiro atoms. The van der Waals surface area contributed by atoms with Crippen LogP contribution in [0.25, 0.3) is 0 Å². The summed E-state index contributed by atoms with van der Waals surface area (Å²) in [4.78, 5) is 14.8. The molecule has 1 amide bonds. The predicted molar refractivity (Wildman–Crippen MR) is 120 cm³/mol. The van der Waals surface area contributed by atoms with Crippen LogP contribution in [0, 0.1) is 5.82 Å². The van der Waals surface area contributed by atoms with Crippen molar-refractivity contribution < 1.29 is 26.8 Å². The Labute approximate surface area is 193 Å². The SMILES string of the molecule is COCCCN(CC(=O)N(Cc1ccco1)Cc1cccn1C)S(=O)(=O)c1ccc(F)cc1. The summed E-state index contributed by atoms with van der Waals surface area (Å²) in [5.41, 5.74) is 0.891. The minimum Gasteiger partial charge on any atom is -0.467 e. The van der Waals surface area contributed by atoms with Gasteiger partial charge in [-0.1, -0.05) is 0 Å². The lowest BCUT2D eigenvalue weighted by atomic mass is 10.3. The molecular weight excluding hydrogens is 449 g/mol. The molecule has 8 nitrogen and oxygen atoms in total. The van der Waals surface area contributed by atoms with E-state index >= 15 is 0 Å². The van der Waals surface area contributed by atoms with E-state index in [1.54, 1.807) is 17.0 Å². The van der Waals surface area contributed by atoms with Gasteiger partial charge in [-0.2, -0.15) is 4.31 Å². The van der Waals surface area contributed by atoms with E-state index in [-0.39, 0.29) is 37.0 Å². The molecule has 0 aliphatic carbocycles. The van der Waals surface area contributed by atoms with Crippen LogP contribution in [0.15, 0.2) is 70.3 Å².